The summed E-state index contributed by atoms with van der Waals surface area (Å²) in [6, 6.07) is 11.0. The molecule has 0 N–H and O–H groups in total. The van der Waals surface area contributed by atoms with E-state index in [1.54, 1.807) is 25.3 Å². The number of hydrogen-bond acceptors (Lipinski definition) is 4. The van der Waals surface area contributed by atoms with Gasteiger partial charge in [0.2, 0.25) is 0 Å². The molecule has 5 nitrogen and oxygen atoms in total. The highest BCUT2D eigenvalue weighted by Gasteiger charge is 2.10. The lowest BCUT2D eigenvalue weighted by molar-refractivity contribution is 0.111. The molecular weight excluding hydrogens is 280 g/mol. The first kappa shape index (κ1) is 14.1. The second kappa shape index (κ2) is 5.89. The summed E-state index contributed by atoms with van der Waals surface area (Å²) in [6.45, 7) is 2.30. The Morgan fingerprint density at radius 3 is 2.86 bits per heavy atom. The molecule has 2 aromatic heterocycles. The summed E-state index contributed by atoms with van der Waals surface area (Å²) < 4.78 is 12.9. The third-order valence-electron chi connectivity index (χ3n) is 3.58. The van der Waals surface area contributed by atoms with E-state index >= 15 is 0 Å². The first-order chi connectivity index (χ1) is 10.7. The molecule has 22 heavy (non-hydrogen) atoms. The highest BCUT2D eigenvalue weighted by Crippen LogP contribution is 2.24. The maximum Gasteiger partial charge on any atom is 0.153 e. The third-order valence-corrected chi connectivity index (χ3v) is 3.58. The van der Waals surface area contributed by atoms with Gasteiger partial charge in [-0.15, -0.1) is 0 Å². The van der Waals surface area contributed by atoms with Crippen LogP contribution < -0.4 is 9.47 Å². The summed E-state index contributed by atoms with van der Waals surface area (Å²) >= 11 is 0. The smallest absolute Gasteiger partial charge is 0.153 e. The Morgan fingerprint density at radius 1 is 1.27 bits per heavy atom. The highest BCUT2D eigenvalue weighted by molar-refractivity contribution is 5.80. The summed E-state index contributed by atoms with van der Waals surface area (Å²) in [5, 5.41) is 0. The van der Waals surface area contributed by atoms with Crippen LogP contribution in [0.1, 0.15) is 21.7 Å². The lowest BCUT2D eigenvalue weighted by Crippen LogP contribution is -2.01. The number of aryl methyl sites for hydroxylation is 1. The Bertz CT molecular complexity index is 824. The fourth-order valence-electron chi connectivity index (χ4n) is 2.33. The van der Waals surface area contributed by atoms with Gasteiger partial charge in [0.1, 0.15) is 23.8 Å². The number of benzene rings is 1. The number of nitrogens with zero attached hydrogens (tertiary/aromatic N) is 2. The molecule has 2 heterocycles. The minimum atomic E-state index is 0.306. The summed E-state index contributed by atoms with van der Waals surface area (Å²) in [6.07, 6.45) is 2.72. The molecule has 0 fully saturated rings. The molecular formula is C17H16N2O3. The van der Waals surface area contributed by atoms with Crippen LogP contribution in [0.4, 0.5) is 0 Å². The van der Waals surface area contributed by atoms with Crippen LogP contribution in [0.5, 0.6) is 11.5 Å². The van der Waals surface area contributed by atoms with Crippen LogP contribution in [-0.2, 0) is 6.61 Å². The number of carbonyl (C=O) groups excluding carboxylic acids is 1. The van der Waals surface area contributed by atoms with Crippen molar-refractivity contribution in [3.05, 3.63) is 59.5 Å². The molecule has 0 aliphatic rings. The molecule has 0 amide bonds. The summed E-state index contributed by atoms with van der Waals surface area (Å²) in [4.78, 5) is 15.7. The van der Waals surface area contributed by atoms with E-state index in [-0.39, 0.29) is 0 Å². The van der Waals surface area contributed by atoms with E-state index in [2.05, 4.69) is 4.98 Å². The Balaban J connectivity index is 1.85. The number of fused-ring (bicyclic) bond motifs is 1. The van der Waals surface area contributed by atoms with Crippen molar-refractivity contribution in [3.63, 3.8) is 0 Å². The van der Waals surface area contributed by atoms with E-state index < -0.39 is 0 Å². The molecule has 0 aliphatic carbocycles. The third kappa shape index (κ3) is 2.53. The molecule has 0 saturated heterocycles. The zero-order chi connectivity index (χ0) is 15.5. The normalized spacial score (nSPS) is 10.6. The first-order valence-corrected chi connectivity index (χ1v) is 6.91. The number of carbonyl (C=O) groups is 1. The van der Waals surface area contributed by atoms with Crippen LogP contribution in [0.2, 0.25) is 0 Å². The zero-order valence-corrected chi connectivity index (χ0v) is 12.4. The minimum Gasteiger partial charge on any atom is -0.497 e. The van der Waals surface area contributed by atoms with E-state index in [0.717, 1.165) is 23.3 Å². The number of methoxy groups -OCH3 is 1. The van der Waals surface area contributed by atoms with Gasteiger partial charge in [-0.1, -0.05) is 6.07 Å². The molecule has 0 aliphatic heterocycles. The van der Waals surface area contributed by atoms with Crippen LogP contribution in [0.15, 0.2) is 42.6 Å². The van der Waals surface area contributed by atoms with Gasteiger partial charge in [-0.05, 0) is 37.3 Å². The van der Waals surface area contributed by atoms with Crippen molar-refractivity contribution in [2.24, 2.45) is 0 Å². The van der Waals surface area contributed by atoms with Gasteiger partial charge in [0.15, 0.2) is 6.29 Å². The lowest BCUT2D eigenvalue weighted by Gasteiger charge is -2.09. The summed E-state index contributed by atoms with van der Waals surface area (Å²) in [5.74, 6) is 1.14. The quantitative estimate of drug-likeness (QED) is 0.679. The Morgan fingerprint density at radius 2 is 2.14 bits per heavy atom. The van der Waals surface area contributed by atoms with Gasteiger partial charge in [-0.2, -0.15) is 0 Å². The van der Waals surface area contributed by atoms with Crippen LogP contribution >= 0.6 is 0 Å². The van der Waals surface area contributed by atoms with E-state index in [1.165, 1.54) is 0 Å². The summed E-state index contributed by atoms with van der Waals surface area (Å²) in [7, 11) is 1.56. The number of aldehydes is 1. The van der Waals surface area contributed by atoms with Crippen molar-refractivity contribution in [1.29, 1.82) is 0 Å². The molecule has 1 aromatic carbocycles. The lowest BCUT2D eigenvalue weighted by atomic mass is 10.2. The molecule has 0 saturated carbocycles. The summed E-state index contributed by atoms with van der Waals surface area (Å²) in [5.41, 5.74) is 3.21. The van der Waals surface area contributed by atoms with Crippen molar-refractivity contribution >= 4 is 11.9 Å². The molecule has 0 unspecified atom stereocenters. The zero-order valence-electron chi connectivity index (χ0n) is 12.4. The SMILES string of the molecule is COc1ccc(OCc2nc3ccccn3c2C)c(C=O)c1. The minimum absolute atomic E-state index is 0.306. The van der Waals surface area contributed by atoms with Gasteiger partial charge in [0, 0.05) is 11.9 Å². The predicted molar refractivity (Wildman–Crippen MR) is 82.6 cm³/mol. The van der Waals surface area contributed by atoms with E-state index in [4.69, 9.17) is 9.47 Å². The first-order valence-electron chi connectivity index (χ1n) is 6.91. The molecule has 3 rings (SSSR count). The second-order valence-electron chi connectivity index (χ2n) is 4.88. The van der Waals surface area contributed by atoms with Crippen molar-refractivity contribution in [2.45, 2.75) is 13.5 Å². The monoisotopic (exact) mass is 296 g/mol. The number of imidazole rings is 1. The van der Waals surface area contributed by atoms with E-state index in [9.17, 15) is 4.79 Å². The van der Waals surface area contributed by atoms with Gasteiger partial charge < -0.3 is 13.9 Å². The van der Waals surface area contributed by atoms with Crippen molar-refractivity contribution in [2.75, 3.05) is 7.11 Å². The van der Waals surface area contributed by atoms with Crippen LogP contribution in [0.25, 0.3) is 5.65 Å². The number of pyridine rings is 1. The molecule has 3 aromatic rings. The van der Waals surface area contributed by atoms with Gasteiger partial charge in [-0.25, -0.2) is 4.98 Å². The number of aromatic nitrogens is 2. The average Bonchev–Trinajstić information content (AvgIpc) is 2.89. The number of ether oxygens (including phenoxy) is 2. The van der Waals surface area contributed by atoms with Gasteiger partial charge in [0.25, 0.3) is 0 Å². The topological polar surface area (TPSA) is 52.8 Å². The van der Waals surface area contributed by atoms with Crippen molar-refractivity contribution < 1.29 is 14.3 Å². The van der Waals surface area contributed by atoms with E-state index in [0.29, 0.717) is 23.7 Å². The Hall–Kier alpha value is -2.82. The average molecular weight is 296 g/mol. The van der Waals surface area contributed by atoms with Gasteiger partial charge in [-0.3, -0.25) is 4.79 Å². The fraction of sp³-hybridized carbons (Fsp3) is 0.176. The molecule has 0 radical (unpaired) electrons. The molecule has 112 valence electrons. The predicted octanol–water partition coefficient (Wildman–Crippen LogP) is 3.04. The van der Waals surface area contributed by atoms with E-state index in [1.807, 2.05) is 35.7 Å². The van der Waals surface area contributed by atoms with Crippen molar-refractivity contribution in [3.8, 4) is 11.5 Å². The van der Waals surface area contributed by atoms with Crippen molar-refractivity contribution in [1.82, 2.24) is 9.38 Å². The highest BCUT2D eigenvalue weighted by atomic mass is 16.5. The molecule has 0 atom stereocenters. The maximum absolute atomic E-state index is 11.2. The Kier molecular flexibility index (Phi) is 3.78. The Labute approximate surface area is 128 Å². The van der Waals surface area contributed by atoms with Crippen LogP contribution in [0, 0.1) is 6.92 Å². The van der Waals surface area contributed by atoms with Gasteiger partial charge >= 0.3 is 0 Å². The van der Waals surface area contributed by atoms with Crippen LogP contribution in [0.3, 0.4) is 0 Å². The standard InChI is InChI=1S/C17H16N2O3/c1-12-15(18-17-5-3-4-8-19(12)17)11-22-16-7-6-14(21-2)9-13(16)10-20/h3-10H,11H2,1-2H3. The molecule has 0 bridgehead atoms. The number of rotatable bonds is 5. The second-order valence-corrected chi connectivity index (χ2v) is 4.88. The molecule has 0 spiro atoms. The largest absolute Gasteiger partial charge is 0.497 e. The number of hydrogen-bond donors (Lipinski definition) is 0. The molecule has 5 heteroatoms. The maximum atomic E-state index is 11.2. The van der Waals surface area contributed by atoms with Gasteiger partial charge in [0.05, 0.1) is 18.4 Å². The fourth-order valence-corrected chi connectivity index (χ4v) is 2.33. The van der Waals surface area contributed by atoms with Crippen LogP contribution in [-0.4, -0.2) is 22.8 Å².